The van der Waals surface area contributed by atoms with Crippen molar-refractivity contribution in [3.05, 3.63) is 17.5 Å². The third kappa shape index (κ3) is 1.58. The van der Waals surface area contributed by atoms with Crippen LogP contribution in [0.1, 0.15) is 30.7 Å². The van der Waals surface area contributed by atoms with Crippen LogP contribution in [0.15, 0.2) is 6.07 Å². The van der Waals surface area contributed by atoms with Crippen molar-refractivity contribution < 1.29 is 5.11 Å². The van der Waals surface area contributed by atoms with Crippen molar-refractivity contribution >= 4 is 0 Å². The molecule has 3 rings (SSSR count). The van der Waals surface area contributed by atoms with Crippen molar-refractivity contribution in [1.29, 1.82) is 0 Å². The summed E-state index contributed by atoms with van der Waals surface area (Å²) in [5.74, 6) is 2.26. The van der Waals surface area contributed by atoms with Gasteiger partial charge in [0.25, 0.3) is 0 Å². The van der Waals surface area contributed by atoms with Crippen molar-refractivity contribution in [3.8, 4) is 0 Å². The zero-order valence-corrected chi connectivity index (χ0v) is 10.1. The maximum absolute atomic E-state index is 10.2. The van der Waals surface area contributed by atoms with Crippen molar-refractivity contribution in [2.24, 2.45) is 24.8 Å². The summed E-state index contributed by atoms with van der Waals surface area (Å²) in [6.45, 7) is 2.00. The third-order valence-electron chi connectivity index (χ3n) is 4.43. The van der Waals surface area contributed by atoms with Crippen LogP contribution in [-0.4, -0.2) is 21.0 Å². The molecule has 3 nitrogen and oxygen atoms in total. The Labute approximate surface area is 96.5 Å². The average molecular weight is 220 g/mol. The molecule has 0 amide bonds. The first-order valence-electron chi connectivity index (χ1n) is 6.34. The van der Waals surface area contributed by atoms with Gasteiger partial charge in [-0.25, -0.2) is 0 Å². The summed E-state index contributed by atoms with van der Waals surface area (Å²) in [7, 11) is 1.96. The summed E-state index contributed by atoms with van der Waals surface area (Å²) >= 11 is 0. The van der Waals surface area contributed by atoms with Crippen molar-refractivity contribution in [3.63, 3.8) is 0 Å². The Morgan fingerprint density at radius 3 is 2.75 bits per heavy atom. The second kappa shape index (κ2) is 3.59. The number of aryl methyl sites for hydroxylation is 2. The molecule has 3 unspecified atom stereocenters. The van der Waals surface area contributed by atoms with E-state index in [-0.39, 0.29) is 6.10 Å². The molecule has 88 valence electrons. The number of hydrogen-bond donors (Lipinski definition) is 1. The third-order valence-corrected chi connectivity index (χ3v) is 4.43. The fourth-order valence-electron chi connectivity index (χ4n) is 3.65. The predicted octanol–water partition coefficient (Wildman–Crippen LogP) is 1.68. The largest absolute Gasteiger partial charge is 0.392 e. The molecule has 0 bridgehead atoms. The Hall–Kier alpha value is -0.830. The molecule has 0 aromatic carbocycles. The minimum absolute atomic E-state index is 0.148. The molecule has 1 aromatic heterocycles. The van der Waals surface area contributed by atoms with Crippen LogP contribution >= 0.6 is 0 Å². The van der Waals surface area contributed by atoms with E-state index in [0.29, 0.717) is 5.92 Å². The molecule has 2 aliphatic carbocycles. The van der Waals surface area contributed by atoms with Gasteiger partial charge < -0.3 is 5.11 Å². The molecule has 3 atom stereocenters. The lowest BCUT2D eigenvalue weighted by Crippen LogP contribution is -2.18. The van der Waals surface area contributed by atoms with Gasteiger partial charge >= 0.3 is 0 Å². The Balaban J connectivity index is 1.65. The number of aliphatic hydroxyl groups excluding tert-OH is 1. The van der Waals surface area contributed by atoms with Crippen molar-refractivity contribution in [2.75, 3.05) is 0 Å². The van der Waals surface area contributed by atoms with Gasteiger partial charge in [0.1, 0.15) is 0 Å². The number of fused-ring (bicyclic) bond motifs is 1. The van der Waals surface area contributed by atoms with Gasteiger partial charge in [0.05, 0.1) is 11.8 Å². The minimum atomic E-state index is -0.148. The minimum Gasteiger partial charge on any atom is -0.392 e. The Morgan fingerprint density at radius 2 is 2.19 bits per heavy atom. The van der Waals surface area contributed by atoms with Crippen LogP contribution in [-0.2, 0) is 13.5 Å². The quantitative estimate of drug-likeness (QED) is 0.841. The van der Waals surface area contributed by atoms with E-state index in [1.807, 2.05) is 18.7 Å². The van der Waals surface area contributed by atoms with Crippen molar-refractivity contribution in [2.45, 2.75) is 38.7 Å². The molecular formula is C13H20N2O. The molecule has 1 heterocycles. The Kier molecular flexibility index (Phi) is 2.32. The first-order chi connectivity index (χ1) is 7.66. The van der Waals surface area contributed by atoms with E-state index in [9.17, 15) is 5.11 Å². The van der Waals surface area contributed by atoms with Gasteiger partial charge in [-0.2, -0.15) is 5.10 Å². The van der Waals surface area contributed by atoms with E-state index in [1.165, 1.54) is 19.3 Å². The molecule has 3 heteroatoms. The van der Waals surface area contributed by atoms with Gasteiger partial charge in [-0.3, -0.25) is 4.68 Å². The fraction of sp³-hybridized carbons (Fsp3) is 0.769. The maximum atomic E-state index is 10.2. The Morgan fingerprint density at radius 1 is 1.50 bits per heavy atom. The number of rotatable bonds is 3. The number of hydrogen-bond acceptors (Lipinski definition) is 2. The lowest BCUT2D eigenvalue weighted by Gasteiger charge is -2.12. The fourth-order valence-corrected chi connectivity index (χ4v) is 3.65. The van der Waals surface area contributed by atoms with E-state index >= 15 is 0 Å². The molecule has 0 spiro atoms. The summed E-state index contributed by atoms with van der Waals surface area (Å²) in [5, 5.41) is 14.6. The summed E-state index contributed by atoms with van der Waals surface area (Å²) in [5.41, 5.74) is 2.20. The van der Waals surface area contributed by atoms with Gasteiger partial charge in [-0.05, 0) is 43.6 Å². The van der Waals surface area contributed by atoms with Crippen LogP contribution in [0.25, 0.3) is 0 Å². The highest BCUT2D eigenvalue weighted by atomic mass is 16.3. The molecule has 2 fully saturated rings. The molecule has 2 aliphatic rings. The topological polar surface area (TPSA) is 38.0 Å². The van der Waals surface area contributed by atoms with Crippen LogP contribution in [0.4, 0.5) is 0 Å². The first-order valence-corrected chi connectivity index (χ1v) is 6.34. The molecule has 16 heavy (non-hydrogen) atoms. The van der Waals surface area contributed by atoms with Crippen LogP contribution in [0.2, 0.25) is 0 Å². The maximum Gasteiger partial charge on any atom is 0.0629 e. The number of aromatic nitrogens is 2. The summed E-state index contributed by atoms with van der Waals surface area (Å²) in [6.07, 6.45) is 4.69. The highest BCUT2D eigenvalue weighted by Gasteiger charge is 2.55. The smallest absolute Gasteiger partial charge is 0.0629 e. The zero-order chi connectivity index (χ0) is 11.3. The lowest BCUT2D eigenvalue weighted by molar-refractivity contribution is 0.133. The van der Waals surface area contributed by atoms with E-state index in [4.69, 9.17) is 0 Å². The molecule has 0 saturated heterocycles. The van der Waals surface area contributed by atoms with E-state index in [2.05, 4.69) is 11.2 Å². The van der Waals surface area contributed by atoms with Crippen LogP contribution in [0, 0.1) is 24.7 Å². The lowest BCUT2D eigenvalue weighted by atomic mass is 10.0. The van der Waals surface area contributed by atoms with Crippen LogP contribution in [0.5, 0.6) is 0 Å². The second-order valence-corrected chi connectivity index (χ2v) is 5.51. The molecule has 1 aromatic rings. The predicted molar refractivity (Wildman–Crippen MR) is 62.0 cm³/mol. The second-order valence-electron chi connectivity index (χ2n) is 5.51. The van der Waals surface area contributed by atoms with Crippen molar-refractivity contribution in [1.82, 2.24) is 9.78 Å². The Bertz CT molecular complexity index is 389. The van der Waals surface area contributed by atoms with Crippen LogP contribution < -0.4 is 0 Å². The summed E-state index contributed by atoms with van der Waals surface area (Å²) in [4.78, 5) is 0. The van der Waals surface area contributed by atoms with E-state index in [1.54, 1.807) is 0 Å². The molecule has 0 radical (unpaired) electrons. The van der Waals surface area contributed by atoms with Gasteiger partial charge in [-0.1, -0.05) is 6.42 Å². The van der Waals surface area contributed by atoms with Gasteiger partial charge in [0.15, 0.2) is 0 Å². The van der Waals surface area contributed by atoms with E-state index in [0.717, 1.165) is 29.6 Å². The standard InChI is InChI=1S/C13H20N2O/c1-8-6-9(15(2)14-8)7-12(16)13-10-4-3-5-11(10)13/h6,10-13,16H,3-5,7H2,1-2H3. The zero-order valence-electron chi connectivity index (χ0n) is 10.1. The van der Waals surface area contributed by atoms with Gasteiger partial charge in [0.2, 0.25) is 0 Å². The highest BCUT2D eigenvalue weighted by molar-refractivity contribution is 5.12. The highest BCUT2D eigenvalue weighted by Crippen LogP contribution is 2.59. The molecule has 1 N–H and O–H groups in total. The molecule has 2 saturated carbocycles. The normalized spacial score (nSPS) is 33.8. The van der Waals surface area contributed by atoms with Gasteiger partial charge in [-0.15, -0.1) is 0 Å². The van der Waals surface area contributed by atoms with Gasteiger partial charge in [0, 0.05) is 19.2 Å². The average Bonchev–Trinajstić information content (AvgIpc) is 2.54. The number of aliphatic hydroxyl groups is 1. The van der Waals surface area contributed by atoms with E-state index < -0.39 is 0 Å². The SMILES string of the molecule is Cc1cc(CC(O)C2C3CCCC32)n(C)n1. The molecule has 0 aliphatic heterocycles. The number of nitrogens with zero attached hydrogens (tertiary/aromatic N) is 2. The summed E-state index contributed by atoms with van der Waals surface area (Å²) in [6, 6.07) is 2.08. The first kappa shape index (κ1) is 10.3. The summed E-state index contributed by atoms with van der Waals surface area (Å²) < 4.78 is 1.90. The molecular weight excluding hydrogens is 200 g/mol. The monoisotopic (exact) mass is 220 g/mol. The van der Waals surface area contributed by atoms with Crippen LogP contribution in [0.3, 0.4) is 0 Å².